The Kier molecular flexibility index (Phi) is 5.47. The third-order valence-electron chi connectivity index (χ3n) is 2.77. The van der Waals surface area contributed by atoms with E-state index in [1.807, 2.05) is 0 Å². The maximum atomic E-state index is 11.4. The molecule has 1 aliphatic rings. The molecule has 0 saturated heterocycles. The summed E-state index contributed by atoms with van der Waals surface area (Å²) in [6, 6.07) is 0.314. The van der Waals surface area contributed by atoms with Gasteiger partial charge in [0, 0.05) is 12.6 Å². The fourth-order valence-corrected chi connectivity index (χ4v) is 1.91. The first-order valence-corrected chi connectivity index (χ1v) is 5.91. The second kappa shape index (κ2) is 6.67. The molecule has 0 bridgehead atoms. The van der Waals surface area contributed by atoms with E-state index in [-0.39, 0.29) is 12.1 Å². The number of aliphatic hydroxyl groups excluding tert-OH is 1. The van der Waals surface area contributed by atoms with Gasteiger partial charge < -0.3 is 15.7 Å². The first-order valence-electron chi connectivity index (χ1n) is 5.91. The van der Waals surface area contributed by atoms with Crippen LogP contribution in [0.1, 0.15) is 45.4 Å². The molecule has 0 aromatic rings. The van der Waals surface area contributed by atoms with Crippen LogP contribution >= 0.6 is 0 Å². The number of hydrogen-bond donors (Lipinski definition) is 3. The summed E-state index contributed by atoms with van der Waals surface area (Å²) < 4.78 is 0. The lowest BCUT2D eigenvalue weighted by atomic mass is 10.2. The number of carbonyl (C=O) groups is 1. The first kappa shape index (κ1) is 12.3. The summed E-state index contributed by atoms with van der Waals surface area (Å²) in [5.74, 6) is 0. The highest BCUT2D eigenvalue weighted by atomic mass is 16.3. The van der Waals surface area contributed by atoms with Gasteiger partial charge in [0.1, 0.15) is 0 Å². The molecule has 0 aliphatic heterocycles. The lowest BCUT2D eigenvalue weighted by Crippen LogP contribution is -2.41. The van der Waals surface area contributed by atoms with E-state index in [1.165, 1.54) is 12.8 Å². The molecule has 0 heterocycles. The number of aliphatic hydroxyl groups is 1. The molecular weight excluding hydrogens is 192 g/mol. The second-order valence-electron chi connectivity index (χ2n) is 4.37. The minimum Gasteiger partial charge on any atom is -0.393 e. The van der Waals surface area contributed by atoms with Gasteiger partial charge in [0.05, 0.1) is 6.10 Å². The van der Waals surface area contributed by atoms with Crippen LogP contribution in [-0.4, -0.2) is 29.8 Å². The third kappa shape index (κ3) is 5.62. The molecular formula is C11H22N2O2. The average molecular weight is 214 g/mol. The monoisotopic (exact) mass is 214 g/mol. The molecule has 3 N–H and O–H groups in total. The Balaban J connectivity index is 1.98. The van der Waals surface area contributed by atoms with Gasteiger partial charge in [-0.25, -0.2) is 4.79 Å². The van der Waals surface area contributed by atoms with E-state index in [0.717, 1.165) is 25.7 Å². The molecule has 0 spiro atoms. The highest BCUT2D eigenvalue weighted by molar-refractivity contribution is 5.74. The molecule has 2 amide bonds. The van der Waals surface area contributed by atoms with Crippen LogP contribution in [0.25, 0.3) is 0 Å². The molecule has 15 heavy (non-hydrogen) atoms. The summed E-state index contributed by atoms with van der Waals surface area (Å²) in [7, 11) is 0. The summed E-state index contributed by atoms with van der Waals surface area (Å²) in [6.45, 7) is 2.40. The fraction of sp³-hybridized carbons (Fsp3) is 0.909. The number of amides is 2. The zero-order valence-electron chi connectivity index (χ0n) is 9.46. The van der Waals surface area contributed by atoms with Crippen molar-refractivity contribution in [2.75, 3.05) is 6.54 Å². The van der Waals surface area contributed by atoms with Gasteiger partial charge in [0.15, 0.2) is 0 Å². The normalized spacial score (nSPS) is 18.8. The largest absolute Gasteiger partial charge is 0.393 e. The van der Waals surface area contributed by atoms with Crippen molar-refractivity contribution in [3.8, 4) is 0 Å². The predicted molar refractivity (Wildman–Crippen MR) is 59.7 cm³/mol. The maximum Gasteiger partial charge on any atom is 0.315 e. The van der Waals surface area contributed by atoms with Gasteiger partial charge in [-0.1, -0.05) is 12.8 Å². The molecule has 88 valence electrons. The van der Waals surface area contributed by atoms with Gasteiger partial charge in [-0.15, -0.1) is 0 Å². The van der Waals surface area contributed by atoms with E-state index in [4.69, 9.17) is 5.11 Å². The number of hydrogen-bond acceptors (Lipinski definition) is 2. The molecule has 1 rings (SSSR count). The summed E-state index contributed by atoms with van der Waals surface area (Å²) in [6.07, 6.45) is 5.98. The van der Waals surface area contributed by atoms with Gasteiger partial charge in [-0.2, -0.15) is 0 Å². The Bertz CT molecular complexity index is 189. The quantitative estimate of drug-likeness (QED) is 0.606. The SMILES string of the molecule is CC(O)CCCNC(=O)NC1CCCC1. The summed E-state index contributed by atoms with van der Waals surface area (Å²) in [5, 5.41) is 14.8. The van der Waals surface area contributed by atoms with Crippen LogP contribution in [0.5, 0.6) is 0 Å². The van der Waals surface area contributed by atoms with E-state index in [0.29, 0.717) is 12.6 Å². The Morgan fingerprint density at radius 3 is 2.73 bits per heavy atom. The smallest absolute Gasteiger partial charge is 0.315 e. The van der Waals surface area contributed by atoms with Crippen LogP contribution in [-0.2, 0) is 0 Å². The van der Waals surface area contributed by atoms with E-state index in [2.05, 4.69) is 10.6 Å². The molecule has 1 aliphatic carbocycles. The van der Waals surface area contributed by atoms with E-state index in [1.54, 1.807) is 6.92 Å². The summed E-state index contributed by atoms with van der Waals surface area (Å²) in [4.78, 5) is 11.4. The van der Waals surface area contributed by atoms with Crippen molar-refractivity contribution < 1.29 is 9.90 Å². The molecule has 1 atom stereocenters. The fourth-order valence-electron chi connectivity index (χ4n) is 1.91. The Morgan fingerprint density at radius 1 is 1.47 bits per heavy atom. The first-order chi connectivity index (χ1) is 7.18. The number of rotatable bonds is 5. The summed E-state index contributed by atoms with van der Waals surface area (Å²) >= 11 is 0. The second-order valence-corrected chi connectivity index (χ2v) is 4.37. The molecule has 1 saturated carbocycles. The van der Waals surface area contributed by atoms with Gasteiger partial charge in [-0.3, -0.25) is 0 Å². The zero-order chi connectivity index (χ0) is 11.1. The van der Waals surface area contributed by atoms with Crippen LogP contribution < -0.4 is 10.6 Å². The van der Waals surface area contributed by atoms with Crippen LogP contribution in [0, 0.1) is 0 Å². The van der Waals surface area contributed by atoms with E-state index >= 15 is 0 Å². The number of urea groups is 1. The van der Waals surface area contributed by atoms with E-state index < -0.39 is 0 Å². The zero-order valence-corrected chi connectivity index (χ0v) is 9.46. The van der Waals surface area contributed by atoms with Gasteiger partial charge >= 0.3 is 6.03 Å². The van der Waals surface area contributed by atoms with Crippen molar-refractivity contribution in [1.82, 2.24) is 10.6 Å². The van der Waals surface area contributed by atoms with Crippen LogP contribution in [0.2, 0.25) is 0 Å². The predicted octanol–water partition coefficient (Wildman–Crippen LogP) is 1.39. The topological polar surface area (TPSA) is 61.4 Å². The van der Waals surface area contributed by atoms with Crippen molar-refractivity contribution in [2.45, 2.75) is 57.6 Å². The Morgan fingerprint density at radius 2 is 2.13 bits per heavy atom. The van der Waals surface area contributed by atoms with Crippen molar-refractivity contribution >= 4 is 6.03 Å². The van der Waals surface area contributed by atoms with Gasteiger partial charge in [0.25, 0.3) is 0 Å². The third-order valence-corrected chi connectivity index (χ3v) is 2.77. The van der Waals surface area contributed by atoms with Crippen LogP contribution in [0.3, 0.4) is 0 Å². The molecule has 4 nitrogen and oxygen atoms in total. The van der Waals surface area contributed by atoms with E-state index in [9.17, 15) is 4.79 Å². The van der Waals surface area contributed by atoms with Crippen LogP contribution in [0.15, 0.2) is 0 Å². The van der Waals surface area contributed by atoms with Crippen molar-refractivity contribution in [3.05, 3.63) is 0 Å². The highest BCUT2D eigenvalue weighted by Crippen LogP contribution is 2.17. The molecule has 1 fully saturated rings. The Hall–Kier alpha value is -0.770. The van der Waals surface area contributed by atoms with Crippen LogP contribution in [0.4, 0.5) is 4.79 Å². The van der Waals surface area contributed by atoms with Gasteiger partial charge in [0.2, 0.25) is 0 Å². The standard InChI is InChI=1S/C11H22N2O2/c1-9(14)5-4-8-12-11(15)13-10-6-2-3-7-10/h9-10,14H,2-8H2,1H3,(H2,12,13,15). The van der Waals surface area contributed by atoms with Gasteiger partial charge in [-0.05, 0) is 32.6 Å². The maximum absolute atomic E-state index is 11.4. The van der Waals surface area contributed by atoms with Crippen molar-refractivity contribution in [3.63, 3.8) is 0 Å². The number of carbonyl (C=O) groups excluding carboxylic acids is 1. The van der Waals surface area contributed by atoms with Crippen molar-refractivity contribution in [1.29, 1.82) is 0 Å². The minimum absolute atomic E-state index is 0.0625. The number of nitrogens with one attached hydrogen (secondary N) is 2. The lowest BCUT2D eigenvalue weighted by molar-refractivity contribution is 0.181. The molecule has 0 aromatic carbocycles. The highest BCUT2D eigenvalue weighted by Gasteiger charge is 2.16. The Labute approximate surface area is 91.4 Å². The minimum atomic E-state index is -0.273. The lowest BCUT2D eigenvalue weighted by Gasteiger charge is -2.13. The molecule has 0 aromatic heterocycles. The molecule has 4 heteroatoms. The average Bonchev–Trinajstić information content (AvgIpc) is 2.64. The molecule has 0 radical (unpaired) electrons. The molecule has 1 unspecified atom stereocenters. The summed E-state index contributed by atoms with van der Waals surface area (Å²) in [5.41, 5.74) is 0. The van der Waals surface area contributed by atoms with Crippen molar-refractivity contribution in [2.24, 2.45) is 0 Å².